The van der Waals surface area contributed by atoms with E-state index >= 15 is 0 Å². The minimum Gasteiger partial charge on any atom is -0.358 e. The molecule has 114 valence electrons. The van der Waals surface area contributed by atoms with E-state index in [-0.39, 0.29) is 0 Å². The molecule has 0 atom stereocenters. The number of aromatic amines is 1. The number of nitrogens with one attached hydrogen (secondary N) is 2. The van der Waals surface area contributed by atoms with E-state index in [0.29, 0.717) is 0 Å². The summed E-state index contributed by atoms with van der Waals surface area (Å²) in [6, 6.07) is 10.1. The Kier molecular flexibility index (Phi) is 4.32. The molecule has 1 fully saturated rings. The predicted octanol–water partition coefficient (Wildman–Crippen LogP) is 3.44. The van der Waals surface area contributed by atoms with Crippen molar-refractivity contribution < 1.29 is 0 Å². The van der Waals surface area contributed by atoms with E-state index < -0.39 is 0 Å². The molecule has 0 bridgehead atoms. The number of aryl methyl sites for hydroxylation is 1. The lowest BCUT2D eigenvalue weighted by Gasteiger charge is -2.34. The zero-order valence-electron chi connectivity index (χ0n) is 13.4. The number of hydrogen-bond donors (Lipinski definition) is 2. The fourth-order valence-corrected chi connectivity index (χ4v) is 3.72. The molecular weight excluding hydrogens is 258 g/mol. The summed E-state index contributed by atoms with van der Waals surface area (Å²) in [6.07, 6.45) is 5.23. The van der Waals surface area contributed by atoms with Crippen LogP contribution in [0.3, 0.4) is 0 Å². The first-order chi connectivity index (χ1) is 10.2. The Morgan fingerprint density at radius 2 is 1.90 bits per heavy atom. The monoisotopic (exact) mass is 285 g/mol. The number of fused-ring (bicyclic) bond motifs is 1. The van der Waals surface area contributed by atoms with Gasteiger partial charge >= 0.3 is 0 Å². The van der Waals surface area contributed by atoms with Gasteiger partial charge in [0.15, 0.2) is 0 Å². The van der Waals surface area contributed by atoms with Crippen LogP contribution in [0.5, 0.6) is 0 Å². The van der Waals surface area contributed by atoms with E-state index in [0.717, 1.165) is 18.6 Å². The molecule has 0 spiro atoms. The van der Waals surface area contributed by atoms with Gasteiger partial charge in [-0.25, -0.2) is 0 Å². The lowest BCUT2D eigenvalue weighted by atomic mass is 9.90. The van der Waals surface area contributed by atoms with Crippen LogP contribution in [0.1, 0.15) is 36.9 Å². The van der Waals surface area contributed by atoms with Crippen LogP contribution >= 0.6 is 0 Å². The van der Waals surface area contributed by atoms with Gasteiger partial charge in [0.1, 0.15) is 0 Å². The number of para-hydroxylation sites is 1. The Morgan fingerprint density at radius 1 is 1.19 bits per heavy atom. The van der Waals surface area contributed by atoms with E-state index in [2.05, 4.69) is 60.5 Å². The molecule has 0 aliphatic heterocycles. The quantitative estimate of drug-likeness (QED) is 0.901. The molecule has 1 saturated carbocycles. The summed E-state index contributed by atoms with van der Waals surface area (Å²) in [5.74, 6) is 0. The Bertz CT molecular complexity index is 594. The minimum atomic E-state index is 0.725. The molecule has 3 nitrogen and oxygen atoms in total. The molecule has 1 aromatic carbocycles. The highest BCUT2D eigenvalue weighted by atomic mass is 15.1. The number of nitrogens with zero attached hydrogens (tertiary/aromatic N) is 1. The highest BCUT2D eigenvalue weighted by Gasteiger charge is 2.23. The van der Waals surface area contributed by atoms with Gasteiger partial charge in [-0.2, -0.15) is 0 Å². The fraction of sp³-hybridized carbons (Fsp3) is 0.556. The van der Waals surface area contributed by atoms with Crippen LogP contribution in [-0.4, -0.2) is 36.1 Å². The van der Waals surface area contributed by atoms with Crippen molar-refractivity contribution in [2.75, 3.05) is 14.1 Å². The minimum absolute atomic E-state index is 0.725. The highest BCUT2D eigenvalue weighted by Crippen LogP contribution is 2.27. The van der Waals surface area contributed by atoms with Gasteiger partial charge in [0.2, 0.25) is 0 Å². The van der Waals surface area contributed by atoms with Crippen LogP contribution in [-0.2, 0) is 6.54 Å². The van der Waals surface area contributed by atoms with Gasteiger partial charge in [-0.15, -0.1) is 0 Å². The predicted molar refractivity (Wildman–Crippen MR) is 89.6 cm³/mol. The van der Waals surface area contributed by atoms with Gasteiger partial charge in [0.05, 0.1) is 0 Å². The van der Waals surface area contributed by atoms with Crippen molar-refractivity contribution >= 4 is 10.9 Å². The smallest absolute Gasteiger partial charge is 0.0459 e. The molecule has 0 radical (unpaired) electrons. The highest BCUT2D eigenvalue weighted by molar-refractivity contribution is 5.84. The molecule has 0 amide bonds. The summed E-state index contributed by atoms with van der Waals surface area (Å²) in [7, 11) is 4.37. The summed E-state index contributed by atoms with van der Waals surface area (Å²) in [5, 5.41) is 4.80. The zero-order chi connectivity index (χ0) is 14.8. The van der Waals surface area contributed by atoms with Crippen molar-refractivity contribution in [3.8, 4) is 0 Å². The van der Waals surface area contributed by atoms with Gasteiger partial charge in [-0.3, -0.25) is 4.90 Å². The van der Waals surface area contributed by atoms with E-state index in [1.54, 1.807) is 0 Å². The maximum Gasteiger partial charge on any atom is 0.0459 e. The van der Waals surface area contributed by atoms with Crippen molar-refractivity contribution in [2.45, 2.75) is 51.2 Å². The standard InChI is InChI=1S/C18H27N3/c1-13-17(16-6-4-5-7-18(16)20-13)12-21(3)15-10-8-14(19-2)9-11-15/h4-7,14-15,19-20H,8-12H2,1-3H3. The average molecular weight is 285 g/mol. The fourth-order valence-electron chi connectivity index (χ4n) is 3.72. The third-order valence-electron chi connectivity index (χ3n) is 5.16. The zero-order valence-corrected chi connectivity index (χ0v) is 13.4. The lowest BCUT2D eigenvalue weighted by Crippen LogP contribution is -2.39. The Morgan fingerprint density at radius 3 is 2.62 bits per heavy atom. The summed E-state index contributed by atoms with van der Waals surface area (Å²) in [5.41, 5.74) is 4.04. The summed E-state index contributed by atoms with van der Waals surface area (Å²) < 4.78 is 0. The van der Waals surface area contributed by atoms with Gasteiger partial charge in [-0.05, 0) is 58.3 Å². The van der Waals surface area contributed by atoms with Crippen LogP contribution in [0.15, 0.2) is 24.3 Å². The number of benzene rings is 1. The average Bonchev–Trinajstić information content (AvgIpc) is 2.83. The first-order valence-electron chi connectivity index (χ1n) is 8.12. The van der Waals surface area contributed by atoms with Crippen molar-refractivity contribution in [3.05, 3.63) is 35.5 Å². The van der Waals surface area contributed by atoms with Crippen molar-refractivity contribution in [1.82, 2.24) is 15.2 Å². The summed E-state index contributed by atoms with van der Waals surface area (Å²) in [4.78, 5) is 6.06. The maximum atomic E-state index is 3.51. The molecule has 1 aromatic heterocycles. The molecule has 2 N–H and O–H groups in total. The molecule has 0 unspecified atom stereocenters. The third kappa shape index (κ3) is 2.99. The van der Waals surface area contributed by atoms with Crippen molar-refractivity contribution in [1.29, 1.82) is 0 Å². The van der Waals surface area contributed by atoms with E-state index in [1.165, 1.54) is 47.8 Å². The van der Waals surface area contributed by atoms with Crippen LogP contribution in [0.2, 0.25) is 0 Å². The molecule has 21 heavy (non-hydrogen) atoms. The maximum absolute atomic E-state index is 3.51. The van der Waals surface area contributed by atoms with Crippen molar-refractivity contribution in [3.63, 3.8) is 0 Å². The Labute approximate surface area is 127 Å². The Balaban J connectivity index is 1.72. The number of hydrogen-bond acceptors (Lipinski definition) is 2. The molecule has 3 heteroatoms. The van der Waals surface area contributed by atoms with E-state index in [4.69, 9.17) is 0 Å². The van der Waals surface area contributed by atoms with Crippen LogP contribution in [0, 0.1) is 6.92 Å². The van der Waals surface area contributed by atoms with Crippen LogP contribution < -0.4 is 5.32 Å². The second-order valence-corrected chi connectivity index (χ2v) is 6.48. The largest absolute Gasteiger partial charge is 0.358 e. The number of H-pyrrole nitrogens is 1. The van der Waals surface area contributed by atoms with Gasteiger partial charge in [0, 0.05) is 35.2 Å². The molecule has 0 saturated heterocycles. The van der Waals surface area contributed by atoms with Crippen LogP contribution in [0.4, 0.5) is 0 Å². The number of aromatic nitrogens is 1. The summed E-state index contributed by atoms with van der Waals surface area (Å²) in [6.45, 7) is 3.24. The van der Waals surface area contributed by atoms with Gasteiger partial charge in [-0.1, -0.05) is 18.2 Å². The second kappa shape index (κ2) is 6.20. The normalized spacial score (nSPS) is 23.0. The third-order valence-corrected chi connectivity index (χ3v) is 5.16. The van der Waals surface area contributed by atoms with E-state index in [9.17, 15) is 0 Å². The van der Waals surface area contributed by atoms with E-state index in [1.807, 2.05) is 0 Å². The SMILES string of the molecule is CNC1CCC(N(C)Cc2c(C)[nH]c3ccccc23)CC1. The molecule has 2 aromatic rings. The molecule has 1 aliphatic carbocycles. The molecule has 1 aliphatic rings. The molecule has 3 rings (SSSR count). The first-order valence-corrected chi connectivity index (χ1v) is 8.12. The Hall–Kier alpha value is -1.32. The lowest BCUT2D eigenvalue weighted by molar-refractivity contribution is 0.170. The molecular formula is C18H27N3. The first kappa shape index (κ1) is 14.6. The van der Waals surface area contributed by atoms with Gasteiger partial charge < -0.3 is 10.3 Å². The van der Waals surface area contributed by atoms with Crippen LogP contribution in [0.25, 0.3) is 10.9 Å². The topological polar surface area (TPSA) is 31.1 Å². The second-order valence-electron chi connectivity index (χ2n) is 6.48. The van der Waals surface area contributed by atoms with Gasteiger partial charge in [0.25, 0.3) is 0 Å². The summed E-state index contributed by atoms with van der Waals surface area (Å²) >= 11 is 0. The van der Waals surface area contributed by atoms with Crippen molar-refractivity contribution in [2.24, 2.45) is 0 Å². The number of rotatable bonds is 4. The molecule has 1 heterocycles.